The number of sulfonamides is 2. The van der Waals surface area contributed by atoms with E-state index in [1.165, 1.54) is 0 Å². The van der Waals surface area contributed by atoms with Crippen molar-refractivity contribution >= 4 is 20.0 Å². The van der Waals surface area contributed by atoms with Crippen LogP contribution in [0.3, 0.4) is 0 Å². The molecule has 4 aliphatic carbocycles. The number of nitrogens with one attached hydrogen (secondary N) is 1. The van der Waals surface area contributed by atoms with Gasteiger partial charge >= 0.3 is 0 Å². The van der Waals surface area contributed by atoms with Crippen molar-refractivity contribution in [3.8, 4) is 0 Å². The van der Waals surface area contributed by atoms with Gasteiger partial charge in [0, 0.05) is 0 Å². The van der Waals surface area contributed by atoms with Crippen LogP contribution in [0.25, 0.3) is 0 Å². The van der Waals surface area contributed by atoms with Crippen molar-refractivity contribution in [2.75, 3.05) is 25.2 Å². The molecule has 0 aromatic heterocycles. The zero-order valence-corrected chi connectivity index (χ0v) is 16.3. The molecule has 4 bridgehead atoms. The fraction of sp³-hybridized carbons (Fsp3) is 1.00. The summed E-state index contributed by atoms with van der Waals surface area (Å²) in [7, 11) is -7.66. The smallest absolute Gasteiger partial charge is 0.224 e. The van der Waals surface area contributed by atoms with Crippen molar-refractivity contribution in [2.45, 2.75) is 44.3 Å². The average molecular weight is 394 g/mol. The number of ether oxygens (including phenoxy) is 2. The highest BCUT2D eigenvalue weighted by atomic mass is 32.3. The van der Waals surface area contributed by atoms with Crippen LogP contribution >= 0.6 is 0 Å². The van der Waals surface area contributed by atoms with E-state index in [9.17, 15) is 16.8 Å². The van der Waals surface area contributed by atoms with E-state index in [1.807, 2.05) is 4.13 Å². The minimum absolute atomic E-state index is 0.0443. The summed E-state index contributed by atoms with van der Waals surface area (Å²) in [5, 5.41) is 0. The molecule has 5 aliphatic rings. The summed E-state index contributed by atoms with van der Waals surface area (Å²) in [6.07, 6.45) is 5.25. The van der Waals surface area contributed by atoms with E-state index in [0.29, 0.717) is 24.4 Å². The Morgan fingerprint density at radius 2 is 1.88 bits per heavy atom. The predicted octanol–water partition coefficient (Wildman–Crippen LogP) is 0.722. The summed E-state index contributed by atoms with van der Waals surface area (Å²) in [6.45, 7) is 3.44. The highest BCUT2D eigenvalue weighted by molar-refractivity contribution is 8.04. The van der Waals surface area contributed by atoms with Crippen LogP contribution in [0.4, 0.5) is 0 Å². The molecular weight excluding hydrogens is 366 g/mol. The molecular formula is C16H27NO6S2. The topological polar surface area (TPSA) is 102 Å². The maximum absolute atomic E-state index is 12.4. The standard InChI is InChI=1S/C16H27NO6S2/c1-16(23-8-13-7-22-13)12-4-10-3-11(6-12)14(15(16)5-10)9-25(20,21)17-24(2,18)19/h10-15,17H,3-9H2,1-2H3. The average Bonchev–Trinajstić information content (AvgIpc) is 3.27. The fourth-order valence-corrected chi connectivity index (χ4v) is 8.88. The van der Waals surface area contributed by atoms with Gasteiger partial charge < -0.3 is 9.47 Å². The maximum Gasteiger partial charge on any atom is 0.224 e. The molecule has 9 heteroatoms. The summed E-state index contributed by atoms with van der Waals surface area (Å²) < 4.78 is 60.9. The monoisotopic (exact) mass is 393 g/mol. The third-order valence-electron chi connectivity index (χ3n) is 6.77. The van der Waals surface area contributed by atoms with Gasteiger partial charge in [-0.05, 0) is 62.2 Å². The van der Waals surface area contributed by atoms with Gasteiger partial charge in [-0.25, -0.2) is 16.8 Å². The van der Waals surface area contributed by atoms with Crippen molar-refractivity contribution in [1.82, 2.24) is 4.13 Å². The Hall–Kier alpha value is -0.220. The first-order valence-corrected chi connectivity index (χ1v) is 12.6. The zero-order valence-electron chi connectivity index (χ0n) is 14.7. The van der Waals surface area contributed by atoms with E-state index >= 15 is 0 Å². The van der Waals surface area contributed by atoms with Crippen LogP contribution in [-0.2, 0) is 29.5 Å². The van der Waals surface area contributed by atoms with Gasteiger partial charge in [-0.15, -0.1) is 4.13 Å². The van der Waals surface area contributed by atoms with Crippen LogP contribution in [0.2, 0.25) is 0 Å². The second kappa shape index (κ2) is 5.89. The van der Waals surface area contributed by atoms with Crippen LogP contribution in [0.15, 0.2) is 0 Å². The van der Waals surface area contributed by atoms with Crippen molar-refractivity contribution in [3.05, 3.63) is 0 Å². The summed E-state index contributed by atoms with van der Waals surface area (Å²) in [4.78, 5) is 0. The molecule has 25 heavy (non-hydrogen) atoms. The van der Waals surface area contributed by atoms with E-state index in [1.54, 1.807) is 0 Å². The molecule has 0 aromatic rings. The Bertz CT molecular complexity index is 747. The molecule has 0 radical (unpaired) electrons. The molecule has 7 unspecified atom stereocenters. The van der Waals surface area contributed by atoms with Crippen LogP contribution < -0.4 is 4.13 Å². The largest absolute Gasteiger partial charge is 0.372 e. The lowest BCUT2D eigenvalue weighted by atomic mass is 9.46. The quantitative estimate of drug-likeness (QED) is 0.640. The molecule has 0 amide bonds. The number of epoxide rings is 1. The second-order valence-electron chi connectivity index (χ2n) is 8.62. The molecule has 0 spiro atoms. The lowest BCUT2D eigenvalue weighted by Gasteiger charge is -2.63. The highest BCUT2D eigenvalue weighted by Gasteiger charge is 2.60. The van der Waals surface area contributed by atoms with Gasteiger partial charge in [0.05, 0.1) is 30.8 Å². The lowest BCUT2D eigenvalue weighted by Crippen LogP contribution is -2.62. The van der Waals surface area contributed by atoms with Crippen LogP contribution in [-0.4, -0.2) is 53.8 Å². The number of hydrogen-bond donors (Lipinski definition) is 1. The lowest BCUT2D eigenvalue weighted by molar-refractivity contribution is -0.215. The zero-order chi connectivity index (χ0) is 18.0. The number of hydrogen-bond acceptors (Lipinski definition) is 6. The molecule has 7 nitrogen and oxygen atoms in total. The molecule has 144 valence electrons. The minimum Gasteiger partial charge on any atom is -0.372 e. The molecule has 7 atom stereocenters. The minimum atomic E-state index is -3.87. The van der Waals surface area contributed by atoms with Crippen molar-refractivity contribution in [2.24, 2.45) is 29.6 Å². The third-order valence-corrected chi connectivity index (χ3v) is 9.82. The Balaban J connectivity index is 1.55. The van der Waals surface area contributed by atoms with Gasteiger partial charge in [-0.3, -0.25) is 0 Å². The Morgan fingerprint density at radius 1 is 1.16 bits per heavy atom. The predicted molar refractivity (Wildman–Crippen MR) is 91.8 cm³/mol. The van der Waals surface area contributed by atoms with E-state index in [0.717, 1.165) is 38.5 Å². The van der Waals surface area contributed by atoms with Gasteiger partial charge in [-0.1, -0.05) is 0 Å². The maximum atomic E-state index is 12.4. The van der Waals surface area contributed by atoms with Gasteiger partial charge in [0.2, 0.25) is 20.0 Å². The van der Waals surface area contributed by atoms with Crippen LogP contribution in [0, 0.1) is 29.6 Å². The summed E-state index contributed by atoms with van der Waals surface area (Å²) in [5.74, 6) is 1.47. The highest BCUT2D eigenvalue weighted by Crippen LogP contribution is 2.62. The van der Waals surface area contributed by atoms with Gasteiger partial charge in [0.1, 0.15) is 6.10 Å². The normalized spacial score (nSPS) is 45.7. The first-order chi connectivity index (χ1) is 11.6. The van der Waals surface area contributed by atoms with E-state index < -0.39 is 20.0 Å². The van der Waals surface area contributed by atoms with Gasteiger partial charge in [0.15, 0.2) is 0 Å². The molecule has 4 saturated carbocycles. The summed E-state index contributed by atoms with van der Waals surface area (Å²) in [5.41, 5.74) is -0.329. The van der Waals surface area contributed by atoms with Crippen molar-refractivity contribution in [1.29, 1.82) is 0 Å². The molecule has 1 saturated heterocycles. The van der Waals surface area contributed by atoms with E-state index in [-0.39, 0.29) is 29.3 Å². The summed E-state index contributed by atoms with van der Waals surface area (Å²) in [6, 6.07) is 0. The second-order valence-corrected chi connectivity index (χ2v) is 12.4. The summed E-state index contributed by atoms with van der Waals surface area (Å²) >= 11 is 0. The SMILES string of the molecule is CC1(OCC2CO2)C2CC3CC(C2)C(CS(=O)(=O)NS(C)(=O)=O)C1C3. The van der Waals surface area contributed by atoms with Gasteiger partial charge in [0.25, 0.3) is 0 Å². The van der Waals surface area contributed by atoms with E-state index in [2.05, 4.69) is 6.92 Å². The first-order valence-electron chi connectivity index (χ1n) is 9.02. The molecule has 1 heterocycles. The van der Waals surface area contributed by atoms with Crippen molar-refractivity contribution in [3.63, 3.8) is 0 Å². The Morgan fingerprint density at radius 3 is 2.52 bits per heavy atom. The number of rotatable bonds is 7. The third kappa shape index (κ3) is 3.63. The van der Waals surface area contributed by atoms with Crippen LogP contribution in [0.1, 0.15) is 32.6 Å². The van der Waals surface area contributed by atoms with E-state index in [4.69, 9.17) is 9.47 Å². The van der Waals surface area contributed by atoms with Crippen molar-refractivity contribution < 1.29 is 26.3 Å². The van der Waals surface area contributed by atoms with Crippen LogP contribution in [0.5, 0.6) is 0 Å². The molecule has 5 fully saturated rings. The Kier molecular flexibility index (Phi) is 4.28. The fourth-order valence-electron chi connectivity index (χ4n) is 5.75. The molecule has 0 aromatic carbocycles. The van der Waals surface area contributed by atoms with Gasteiger partial charge in [-0.2, -0.15) is 0 Å². The Labute approximate surface area is 149 Å². The first kappa shape index (κ1) is 18.2. The molecule has 5 rings (SSSR count). The molecule has 1 N–H and O–H groups in total. The molecule has 1 aliphatic heterocycles.